The Bertz CT molecular complexity index is 419. The van der Waals surface area contributed by atoms with Crippen LogP contribution in [0.4, 0.5) is 4.39 Å². The number of benzene rings is 1. The summed E-state index contributed by atoms with van der Waals surface area (Å²) in [5.41, 5.74) is 0.734. The van der Waals surface area contributed by atoms with Crippen molar-refractivity contribution in [2.75, 3.05) is 6.54 Å². The van der Waals surface area contributed by atoms with Crippen molar-refractivity contribution in [3.8, 4) is 11.8 Å². The molecule has 1 aliphatic rings. The van der Waals surface area contributed by atoms with Crippen LogP contribution in [0.1, 0.15) is 30.0 Å². The van der Waals surface area contributed by atoms with Crippen molar-refractivity contribution in [2.24, 2.45) is 0 Å². The van der Waals surface area contributed by atoms with Crippen LogP contribution in [0.15, 0.2) is 12.1 Å². The molecule has 15 heavy (non-hydrogen) atoms. The second kappa shape index (κ2) is 3.87. The Hall–Kier alpha value is -1.60. The summed E-state index contributed by atoms with van der Waals surface area (Å²) >= 11 is 0. The van der Waals surface area contributed by atoms with E-state index in [9.17, 15) is 9.50 Å². The number of rotatable bonds is 1. The van der Waals surface area contributed by atoms with Gasteiger partial charge in [0.25, 0.3) is 0 Å². The molecule has 1 fully saturated rings. The fourth-order valence-electron chi connectivity index (χ4n) is 1.90. The van der Waals surface area contributed by atoms with E-state index in [4.69, 9.17) is 5.26 Å². The zero-order chi connectivity index (χ0) is 10.8. The highest BCUT2D eigenvalue weighted by molar-refractivity contribution is 5.44. The van der Waals surface area contributed by atoms with Gasteiger partial charge in [0.15, 0.2) is 11.6 Å². The lowest BCUT2D eigenvalue weighted by Crippen LogP contribution is -2.13. The molecule has 1 saturated heterocycles. The Morgan fingerprint density at radius 2 is 2.33 bits per heavy atom. The average molecular weight is 206 g/mol. The van der Waals surface area contributed by atoms with E-state index >= 15 is 0 Å². The highest BCUT2D eigenvalue weighted by atomic mass is 19.1. The molecule has 1 aromatic rings. The number of nitrogens with one attached hydrogen (secondary N) is 1. The molecule has 78 valence electrons. The zero-order valence-corrected chi connectivity index (χ0v) is 8.13. The number of hydrogen-bond acceptors (Lipinski definition) is 3. The molecule has 0 spiro atoms. The van der Waals surface area contributed by atoms with E-state index in [1.165, 1.54) is 0 Å². The van der Waals surface area contributed by atoms with Gasteiger partial charge in [0.05, 0.1) is 11.6 Å². The standard InChI is InChI=1S/C11H11FN2O/c12-9-5-7(6-13)4-8(11(9)15)10-2-1-3-14-10/h4-5,10,14-15H,1-3H2/t10-/m1/s1. The first kappa shape index (κ1) is 9.94. The lowest BCUT2D eigenvalue weighted by molar-refractivity contribution is 0.417. The molecule has 1 atom stereocenters. The lowest BCUT2D eigenvalue weighted by Gasteiger charge is -2.13. The van der Waals surface area contributed by atoms with E-state index in [2.05, 4.69) is 5.32 Å². The zero-order valence-electron chi connectivity index (χ0n) is 8.13. The van der Waals surface area contributed by atoms with Crippen molar-refractivity contribution in [3.05, 3.63) is 29.1 Å². The maximum atomic E-state index is 13.3. The number of nitriles is 1. The summed E-state index contributed by atoms with van der Waals surface area (Å²) in [4.78, 5) is 0. The highest BCUT2D eigenvalue weighted by Gasteiger charge is 2.21. The molecular weight excluding hydrogens is 195 g/mol. The van der Waals surface area contributed by atoms with E-state index in [1.54, 1.807) is 6.07 Å². The second-order valence-electron chi connectivity index (χ2n) is 3.66. The number of phenolic OH excluding ortho intramolecular Hbond substituents is 1. The van der Waals surface area contributed by atoms with Gasteiger partial charge in [-0.15, -0.1) is 0 Å². The van der Waals surface area contributed by atoms with Gasteiger partial charge in [-0.25, -0.2) is 4.39 Å². The van der Waals surface area contributed by atoms with Gasteiger partial charge < -0.3 is 10.4 Å². The average Bonchev–Trinajstić information content (AvgIpc) is 2.75. The maximum Gasteiger partial charge on any atom is 0.166 e. The maximum absolute atomic E-state index is 13.3. The minimum atomic E-state index is -0.724. The normalized spacial score (nSPS) is 20.1. The van der Waals surface area contributed by atoms with Crippen LogP contribution in [0.5, 0.6) is 5.75 Å². The Morgan fingerprint density at radius 3 is 2.93 bits per heavy atom. The first-order valence-corrected chi connectivity index (χ1v) is 4.88. The van der Waals surface area contributed by atoms with E-state index in [1.807, 2.05) is 6.07 Å². The smallest absolute Gasteiger partial charge is 0.166 e. The van der Waals surface area contributed by atoms with Gasteiger partial charge in [-0.05, 0) is 31.5 Å². The first-order valence-electron chi connectivity index (χ1n) is 4.88. The summed E-state index contributed by atoms with van der Waals surface area (Å²) in [6, 6.07) is 4.44. The van der Waals surface area contributed by atoms with Gasteiger partial charge >= 0.3 is 0 Å². The summed E-state index contributed by atoms with van der Waals surface area (Å²) in [7, 11) is 0. The number of hydrogen-bond donors (Lipinski definition) is 2. The molecule has 0 unspecified atom stereocenters. The molecule has 0 radical (unpaired) electrons. The predicted molar refractivity (Wildman–Crippen MR) is 52.8 cm³/mol. The molecule has 0 aliphatic carbocycles. The third-order valence-corrected chi connectivity index (χ3v) is 2.66. The summed E-state index contributed by atoms with van der Waals surface area (Å²) < 4.78 is 13.3. The van der Waals surface area contributed by atoms with Gasteiger partial charge in [0.1, 0.15) is 0 Å². The third kappa shape index (κ3) is 1.79. The van der Waals surface area contributed by atoms with Crippen molar-refractivity contribution in [2.45, 2.75) is 18.9 Å². The molecule has 1 aliphatic heterocycles. The minimum absolute atomic E-state index is 0.0344. The topological polar surface area (TPSA) is 56.0 Å². The Labute approximate surface area is 87.2 Å². The molecule has 2 N–H and O–H groups in total. The summed E-state index contributed by atoms with van der Waals surface area (Å²) in [6.45, 7) is 0.864. The molecule has 3 nitrogen and oxygen atoms in total. The fraction of sp³-hybridized carbons (Fsp3) is 0.364. The van der Waals surface area contributed by atoms with Crippen LogP contribution >= 0.6 is 0 Å². The van der Waals surface area contributed by atoms with Crippen LogP contribution in [0.3, 0.4) is 0 Å². The molecule has 0 saturated carbocycles. The summed E-state index contributed by atoms with van der Waals surface area (Å²) in [6.07, 6.45) is 1.87. The van der Waals surface area contributed by atoms with Crippen molar-refractivity contribution in [1.82, 2.24) is 5.32 Å². The molecule has 1 aromatic carbocycles. The van der Waals surface area contributed by atoms with Crippen LogP contribution in [0.2, 0.25) is 0 Å². The van der Waals surface area contributed by atoms with Crippen LogP contribution in [-0.2, 0) is 0 Å². The summed E-state index contributed by atoms with van der Waals surface area (Å²) in [5, 5.41) is 21.4. The van der Waals surface area contributed by atoms with Crippen molar-refractivity contribution >= 4 is 0 Å². The minimum Gasteiger partial charge on any atom is -0.505 e. The second-order valence-corrected chi connectivity index (χ2v) is 3.66. The number of halogens is 1. The SMILES string of the molecule is N#Cc1cc(F)c(O)c([C@H]2CCCN2)c1. The molecule has 0 amide bonds. The van der Waals surface area contributed by atoms with Gasteiger partial charge in [0.2, 0.25) is 0 Å². The van der Waals surface area contributed by atoms with E-state index in [-0.39, 0.29) is 17.4 Å². The molecule has 1 heterocycles. The van der Waals surface area contributed by atoms with Crippen molar-refractivity contribution < 1.29 is 9.50 Å². The van der Waals surface area contributed by atoms with Gasteiger partial charge in [-0.1, -0.05) is 0 Å². The van der Waals surface area contributed by atoms with E-state index < -0.39 is 5.82 Å². The van der Waals surface area contributed by atoms with Crippen LogP contribution in [0, 0.1) is 17.1 Å². The molecule has 0 aromatic heterocycles. The lowest BCUT2D eigenvalue weighted by atomic mass is 10.0. The van der Waals surface area contributed by atoms with Crippen LogP contribution < -0.4 is 5.32 Å². The molecule has 4 heteroatoms. The van der Waals surface area contributed by atoms with Crippen molar-refractivity contribution in [1.29, 1.82) is 5.26 Å². The van der Waals surface area contributed by atoms with Crippen molar-refractivity contribution in [3.63, 3.8) is 0 Å². The van der Waals surface area contributed by atoms with Gasteiger partial charge in [-0.3, -0.25) is 0 Å². The third-order valence-electron chi connectivity index (χ3n) is 2.66. The van der Waals surface area contributed by atoms with E-state index in [0.717, 1.165) is 25.5 Å². The number of phenols is 1. The summed E-state index contributed by atoms with van der Waals surface area (Å²) in [5.74, 6) is -1.06. The number of aromatic hydroxyl groups is 1. The Balaban J connectivity index is 2.45. The van der Waals surface area contributed by atoms with Crippen LogP contribution in [-0.4, -0.2) is 11.7 Å². The highest BCUT2D eigenvalue weighted by Crippen LogP contribution is 2.32. The van der Waals surface area contributed by atoms with Crippen LogP contribution in [0.25, 0.3) is 0 Å². The predicted octanol–water partition coefficient (Wildman–Crippen LogP) is 1.83. The van der Waals surface area contributed by atoms with Gasteiger partial charge in [0, 0.05) is 11.6 Å². The Kier molecular flexibility index (Phi) is 2.57. The van der Waals surface area contributed by atoms with Gasteiger partial charge in [-0.2, -0.15) is 5.26 Å². The first-order chi connectivity index (χ1) is 7.22. The van der Waals surface area contributed by atoms with E-state index in [0.29, 0.717) is 5.56 Å². The fourth-order valence-corrected chi connectivity index (χ4v) is 1.90. The Morgan fingerprint density at radius 1 is 1.53 bits per heavy atom. The number of nitrogens with zero attached hydrogens (tertiary/aromatic N) is 1. The monoisotopic (exact) mass is 206 g/mol. The molecular formula is C11H11FN2O. The quantitative estimate of drug-likeness (QED) is 0.737. The molecule has 0 bridgehead atoms. The largest absolute Gasteiger partial charge is 0.505 e. The molecule has 2 rings (SSSR count).